The zero-order valence-corrected chi connectivity index (χ0v) is 8.42. The van der Waals surface area contributed by atoms with Crippen LogP contribution in [-0.2, 0) is 0 Å². The zero-order valence-electron chi connectivity index (χ0n) is 8.42. The molecule has 0 atom stereocenters. The smallest absolute Gasteiger partial charge is 0.222 e. The maximum atomic E-state index is 12.5. The van der Waals surface area contributed by atoms with Crippen molar-refractivity contribution in [2.24, 2.45) is 11.1 Å². The van der Waals surface area contributed by atoms with Crippen LogP contribution in [0.1, 0.15) is 13.8 Å². The minimum atomic E-state index is -0.436. The van der Waals surface area contributed by atoms with Crippen LogP contribution in [-0.4, -0.2) is 23.1 Å². The molecule has 0 amide bonds. The summed E-state index contributed by atoms with van der Waals surface area (Å²) in [6.45, 7) is 5.30. The van der Waals surface area contributed by atoms with Gasteiger partial charge in [0, 0.05) is 6.54 Å². The summed E-state index contributed by atoms with van der Waals surface area (Å²) in [6.07, 6.45) is 2.26. The maximum absolute atomic E-state index is 12.5. The fourth-order valence-corrected chi connectivity index (χ4v) is 0.794. The second kappa shape index (κ2) is 4.32. The monoisotopic (exact) mass is 198 g/mol. The maximum Gasteiger partial charge on any atom is 0.222 e. The number of halogens is 1. The first-order valence-electron chi connectivity index (χ1n) is 4.45. The quantitative estimate of drug-likeness (QED) is 0.758. The summed E-state index contributed by atoms with van der Waals surface area (Å²) in [7, 11) is 0. The molecule has 1 aromatic rings. The third kappa shape index (κ3) is 3.26. The lowest BCUT2D eigenvalue weighted by atomic mass is 9.94. The number of hydrogen-bond acceptors (Lipinski definition) is 4. The standard InChI is InChI=1S/C9H15FN4/c1-9(2,5-11)6-14-8-12-3-7(10)4-13-8/h3-4H,5-6,11H2,1-2H3,(H,12,13,14). The van der Waals surface area contributed by atoms with Gasteiger partial charge in [0.15, 0.2) is 5.82 Å². The van der Waals surface area contributed by atoms with Crippen molar-refractivity contribution in [2.45, 2.75) is 13.8 Å². The van der Waals surface area contributed by atoms with E-state index in [0.29, 0.717) is 19.0 Å². The van der Waals surface area contributed by atoms with Crippen molar-refractivity contribution in [3.8, 4) is 0 Å². The summed E-state index contributed by atoms with van der Waals surface area (Å²) < 4.78 is 12.5. The van der Waals surface area contributed by atoms with E-state index in [0.717, 1.165) is 12.4 Å². The number of nitrogens with one attached hydrogen (secondary N) is 1. The fraction of sp³-hybridized carbons (Fsp3) is 0.556. The molecule has 1 rings (SSSR count). The van der Waals surface area contributed by atoms with Gasteiger partial charge in [0.2, 0.25) is 5.95 Å². The first-order valence-corrected chi connectivity index (χ1v) is 4.45. The molecule has 5 heteroatoms. The summed E-state index contributed by atoms with van der Waals surface area (Å²) in [5, 5.41) is 2.99. The van der Waals surface area contributed by atoms with Crippen LogP contribution in [0.5, 0.6) is 0 Å². The molecule has 0 aliphatic carbocycles. The largest absolute Gasteiger partial charge is 0.354 e. The van der Waals surface area contributed by atoms with Gasteiger partial charge in [-0.25, -0.2) is 14.4 Å². The zero-order chi connectivity index (χ0) is 10.6. The Balaban J connectivity index is 2.50. The van der Waals surface area contributed by atoms with Gasteiger partial charge in [0.25, 0.3) is 0 Å². The average Bonchev–Trinajstić information content (AvgIpc) is 2.17. The van der Waals surface area contributed by atoms with Gasteiger partial charge in [0.1, 0.15) is 0 Å². The van der Waals surface area contributed by atoms with E-state index in [1.165, 1.54) is 0 Å². The lowest BCUT2D eigenvalue weighted by molar-refractivity contribution is 0.404. The Morgan fingerprint density at radius 1 is 1.43 bits per heavy atom. The first-order chi connectivity index (χ1) is 6.53. The van der Waals surface area contributed by atoms with E-state index in [1.54, 1.807) is 0 Å². The van der Waals surface area contributed by atoms with Gasteiger partial charge in [-0.2, -0.15) is 0 Å². The second-order valence-corrected chi connectivity index (χ2v) is 3.95. The molecule has 0 aliphatic heterocycles. The Hall–Kier alpha value is -1.23. The van der Waals surface area contributed by atoms with Crippen molar-refractivity contribution in [3.63, 3.8) is 0 Å². The number of rotatable bonds is 4. The predicted molar refractivity (Wildman–Crippen MR) is 53.3 cm³/mol. The van der Waals surface area contributed by atoms with Crippen molar-refractivity contribution in [1.82, 2.24) is 9.97 Å². The molecule has 0 fully saturated rings. The van der Waals surface area contributed by atoms with Crippen molar-refractivity contribution in [1.29, 1.82) is 0 Å². The fourth-order valence-electron chi connectivity index (χ4n) is 0.794. The van der Waals surface area contributed by atoms with Crippen molar-refractivity contribution >= 4 is 5.95 Å². The molecule has 14 heavy (non-hydrogen) atoms. The highest BCUT2D eigenvalue weighted by Gasteiger charge is 2.15. The van der Waals surface area contributed by atoms with Gasteiger partial charge < -0.3 is 11.1 Å². The Morgan fingerprint density at radius 3 is 2.50 bits per heavy atom. The van der Waals surface area contributed by atoms with E-state index in [9.17, 15) is 4.39 Å². The number of aromatic nitrogens is 2. The summed E-state index contributed by atoms with van der Waals surface area (Å²) >= 11 is 0. The van der Waals surface area contributed by atoms with Crippen LogP contribution < -0.4 is 11.1 Å². The minimum absolute atomic E-state index is 0.0161. The molecule has 1 aromatic heterocycles. The van der Waals surface area contributed by atoms with Crippen LogP contribution >= 0.6 is 0 Å². The highest BCUT2D eigenvalue weighted by molar-refractivity contribution is 5.22. The molecular weight excluding hydrogens is 183 g/mol. The Labute approximate surface area is 82.8 Å². The van der Waals surface area contributed by atoms with E-state index >= 15 is 0 Å². The highest BCUT2D eigenvalue weighted by Crippen LogP contribution is 2.12. The van der Waals surface area contributed by atoms with Crippen LogP contribution in [0.2, 0.25) is 0 Å². The Bertz CT molecular complexity index is 283. The molecule has 0 aromatic carbocycles. The molecular formula is C9H15FN4. The van der Waals surface area contributed by atoms with Crippen molar-refractivity contribution in [3.05, 3.63) is 18.2 Å². The summed E-state index contributed by atoms with van der Waals surface area (Å²) in [6, 6.07) is 0. The van der Waals surface area contributed by atoms with Crippen molar-refractivity contribution < 1.29 is 4.39 Å². The molecule has 0 saturated carbocycles. The lowest BCUT2D eigenvalue weighted by Gasteiger charge is -2.22. The highest BCUT2D eigenvalue weighted by atomic mass is 19.1. The van der Waals surface area contributed by atoms with Gasteiger partial charge >= 0.3 is 0 Å². The SMILES string of the molecule is CC(C)(CN)CNc1ncc(F)cn1. The first kappa shape index (κ1) is 10.8. The minimum Gasteiger partial charge on any atom is -0.354 e. The van der Waals surface area contributed by atoms with Crippen LogP contribution in [0, 0.1) is 11.2 Å². The molecule has 0 spiro atoms. The predicted octanol–water partition coefficient (Wildman–Crippen LogP) is 1.01. The molecule has 0 unspecified atom stereocenters. The molecule has 1 heterocycles. The van der Waals surface area contributed by atoms with Gasteiger partial charge in [0.05, 0.1) is 12.4 Å². The van der Waals surface area contributed by atoms with Crippen molar-refractivity contribution in [2.75, 3.05) is 18.4 Å². The van der Waals surface area contributed by atoms with E-state index in [-0.39, 0.29) is 5.41 Å². The topological polar surface area (TPSA) is 63.8 Å². The van der Waals surface area contributed by atoms with E-state index < -0.39 is 5.82 Å². The van der Waals surface area contributed by atoms with Crippen LogP contribution in [0.4, 0.5) is 10.3 Å². The average molecular weight is 198 g/mol. The molecule has 0 radical (unpaired) electrons. The molecule has 3 N–H and O–H groups in total. The number of anilines is 1. The third-order valence-corrected chi connectivity index (χ3v) is 1.90. The van der Waals surface area contributed by atoms with Gasteiger partial charge in [-0.15, -0.1) is 0 Å². The van der Waals surface area contributed by atoms with Gasteiger partial charge in [-0.05, 0) is 12.0 Å². The molecule has 4 nitrogen and oxygen atoms in total. The molecule has 0 saturated heterocycles. The van der Waals surface area contributed by atoms with Crippen LogP contribution in [0.25, 0.3) is 0 Å². The lowest BCUT2D eigenvalue weighted by Crippen LogP contribution is -2.31. The second-order valence-electron chi connectivity index (χ2n) is 3.95. The van der Waals surface area contributed by atoms with E-state index in [1.807, 2.05) is 13.8 Å². The van der Waals surface area contributed by atoms with Gasteiger partial charge in [-0.3, -0.25) is 0 Å². The molecule has 78 valence electrons. The third-order valence-electron chi connectivity index (χ3n) is 1.90. The summed E-state index contributed by atoms with van der Waals surface area (Å²) in [5.74, 6) is -0.0124. The van der Waals surface area contributed by atoms with E-state index in [4.69, 9.17) is 5.73 Å². The Kier molecular flexibility index (Phi) is 3.35. The summed E-state index contributed by atoms with van der Waals surface area (Å²) in [5.41, 5.74) is 5.54. The summed E-state index contributed by atoms with van der Waals surface area (Å²) in [4.78, 5) is 7.56. The van der Waals surface area contributed by atoms with E-state index in [2.05, 4.69) is 15.3 Å². The van der Waals surface area contributed by atoms with Crippen LogP contribution in [0.3, 0.4) is 0 Å². The molecule has 0 aliphatic rings. The molecule has 0 bridgehead atoms. The normalized spacial score (nSPS) is 11.4. The number of nitrogens with two attached hydrogens (primary N) is 1. The number of nitrogens with zero attached hydrogens (tertiary/aromatic N) is 2. The Morgan fingerprint density at radius 2 is 2.00 bits per heavy atom. The van der Waals surface area contributed by atoms with Crippen LogP contribution in [0.15, 0.2) is 12.4 Å². The number of hydrogen-bond donors (Lipinski definition) is 2. The van der Waals surface area contributed by atoms with Gasteiger partial charge in [-0.1, -0.05) is 13.8 Å².